The van der Waals surface area contributed by atoms with Crippen LogP contribution < -0.4 is 0 Å². The van der Waals surface area contributed by atoms with Crippen LogP contribution in [0.2, 0.25) is 0 Å². The summed E-state index contributed by atoms with van der Waals surface area (Å²) in [5.41, 5.74) is 10.3. The molecule has 0 amide bonds. The molecular weight excluding hydrogens is 637 g/mol. The molecule has 7 rings (SSSR count). The van der Waals surface area contributed by atoms with Crippen molar-refractivity contribution in [3.05, 3.63) is 144 Å². The van der Waals surface area contributed by atoms with Gasteiger partial charge in [0.1, 0.15) is 11.6 Å². The Balaban J connectivity index is 1.51. The molecule has 0 unspecified atom stereocenters. The van der Waals surface area contributed by atoms with Crippen LogP contribution in [0.15, 0.2) is 121 Å². The van der Waals surface area contributed by atoms with E-state index in [2.05, 4.69) is 125 Å². The molecule has 0 aliphatic rings. The summed E-state index contributed by atoms with van der Waals surface area (Å²) in [5, 5.41) is 0. The fraction of sp³-hybridized carbons (Fsp3) is 0.217. The second-order valence-electron chi connectivity index (χ2n) is 15.4. The van der Waals surface area contributed by atoms with Crippen molar-refractivity contribution in [3.8, 4) is 67.8 Å². The first-order valence-electron chi connectivity index (χ1n) is 17.8. The minimum absolute atomic E-state index is 0.0429. The van der Waals surface area contributed by atoms with E-state index in [0.29, 0.717) is 34.9 Å². The smallest absolute Gasteiger partial charge is 0.164 e. The molecule has 52 heavy (non-hydrogen) atoms. The first-order valence-corrected chi connectivity index (χ1v) is 17.8. The molecule has 7 aromatic rings. The van der Waals surface area contributed by atoms with Gasteiger partial charge in [-0.05, 0) is 76.3 Å². The first-order chi connectivity index (χ1) is 24.8. The average Bonchev–Trinajstić information content (AvgIpc) is 3.14. The van der Waals surface area contributed by atoms with Crippen molar-refractivity contribution in [1.29, 1.82) is 0 Å². The zero-order valence-electron chi connectivity index (χ0n) is 31.2. The van der Waals surface area contributed by atoms with Crippen LogP contribution in [-0.2, 0) is 10.8 Å². The van der Waals surface area contributed by atoms with Crippen LogP contribution >= 0.6 is 0 Å². The van der Waals surface area contributed by atoms with Gasteiger partial charge in [0.15, 0.2) is 23.3 Å². The lowest BCUT2D eigenvalue weighted by molar-refractivity contribution is 0.569. The number of aryl methyl sites for hydroxylation is 2. The Morgan fingerprint density at radius 3 is 1.27 bits per heavy atom. The zero-order valence-corrected chi connectivity index (χ0v) is 31.2. The van der Waals surface area contributed by atoms with Gasteiger partial charge in [-0.2, -0.15) is 0 Å². The van der Waals surface area contributed by atoms with Crippen molar-refractivity contribution in [3.63, 3.8) is 0 Å². The maximum atomic E-state index is 5.23. The second-order valence-corrected chi connectivity index (χ2v) is 15.4. The molecule has 0 aliphatic heterocycles. The Labute approximate surface area is 307 Å². The van der Waals surface area contributed by atoms with Crippen LogP contribution in [0.1, 0.15) is 64.3 Å². The summed E-state index contributed by atoms with van der Waals surface area (Å²) in [7, 11) is 0. The highest BCUT2D eigenvalue weighted by Crippen LogP contribution is 2.38. The van der Waals surface area contributed by atoms with Gasteiger partial charge in [0, 0.05) is 22.3 Å². The fourth-order valence-electron chi connectivity index (χ4n) is 6.35. The predicted octanol–water partition coefficient (Wildman–Crippen LogP) is 11.3. The molecule has 6 nitrogen and oxygen atoms in total. The van der Waals surface area contributed by atoms with Crippen molar-refractivity contribution in [1.82, 2.24) is 29.9 Å². The molecule has 258 valence electrons. The Kier molecular flexibility index (Phi) is 9.09. The van der Waals surface area contributed by atoms with Gasteiger partial charge in [-0.25, -0.2) is 29.9 Å². The van der Waals surface area contributed by atoms with Crippen LogP contribution in [0.5, 0.6) is 0 Å². The molecule has 0 bridgehead atoms. The summed E-state index contributed by atoms with van der Waals surface area (Å²) in [6.07, 6.45) is 0. The van der Waals surface area contributed by atoms with Gasteiger partial charge in [-0.1, -0.05) is 145 Å². The summed E-state index contributed by atoms with van der Waals surface area (Å²) in [4.78, 5) is 29.5. The molecule has 0 N–H and O–H groups in total. The Bertz CT molecular complexity index is 2330. The van der Waals surface area contributed by atoms with Gasteiger partial charge < -0.3 is 0 Å². The highest BCUT2D eigenvalue weighted by atomic mass is 15.0. The standard InChI is InChI=1S/C46H44N6/c1-29-47-30(2)49-42(48-29)35-23-33(34-26-37(45(3,4)5)28-38(27-34)46(6,7)8)24-36(25-35)43-50-41(32-19-13-10-14-20-32)51-44(52-43)40-22-16-15-21-39(40)31-17-11-9-12-18-31/h9-28H,1-8H3. The molecule has 0 radical (unpaired) electrons. The quantitative estimate of drug-likeness (QED) is 0.174. The average molecular weight is 681 g/mol. The minimum atomic E-state index is -0.0429. The van der Waals surface area contributed by atoms with E-state index in [-0.39, 0.29) is 10.8 Å². The van der Waals surface area contributed by atoms with Gasteiger partial charge in [0.2, 0.25) is 0 Å². The highest BCUT2D eigenvalue weighted by Gasteiger charge is 2.23. The molecule has 6 heteroatoms. The normalized spacial score (nSPS) is 11.8. The van der Waals surface area contributed by atoms with E-state index in [1.807, 2.05) is 56.3 Å². The third-order valence-corrected chi connectivity index (χ3v) is 9.23. The molecule has 2 aromatic heterocycles. The van der Waals surface area contributed by atoms with Crippen molar-refractivity contribution in [2.45, 2.75) is 66.2 Å². The van der Waals surface area contributed by atoms with E-state index in [0.717, 1.165) is 44.5 Å². The van der Waals surface area contributed by atoms with E-state index in [1.54, 1.807) is 0 Å². The molecule has 0 aliphatic carbocycles. The molecule has 0 atom stereocenters. The van der Waals surface area contributed by atoms with Crippen molar-refractivity contribution in [2.24, 2.45) is 0 Å². The number of hydrogen-bond acceptors (Lipinski definition) is 6. The number of aromatic nitrogens is 6. The SMILES string of the molecule is Cc1nc(C)nc(-c2cc(-c3cc(C(C)(C)C)cc(C(C)(C)C)c3)cc(-c3nc(-c4ccccc4)nc(-c4ccccc4-c4ccccc4)n3)c2)n1. The van der Waals surface area contributed by atoms with Crippen molar-refractivity contribution >= 4 is 0 Å². The first kappa shape index (κ1) is 34.6. The zero-order chi connectivity index (χ0) is 36.6. The highest BCUT2D eigenvalue weighted by molar-refractivity contribution is 5.83. The largest absolute Gasteiger partial charge is 0.219 e. The number of benzene rings is 5. The Morgan fingerprint density at radius 2 is 0.731 bits per heavy atom. The molecule has 5 aromatic carbocycles. The lowest BCUT2D eigenvalue weighted by Gasteiger charge is -2.26. The van der Waals surface area contributed by atoms with Crippen molar-refractivity contribution < 1.29 is 0 Å². The van der Waals surface area contributed by atoms with Crippen LogP contribution in [-0.4, -0.2) is 29.9 Å². The molecule has 0 fully saturated rings. The number of nitrogens with zero attached hydrogens (tertiary/aromatic N) is 6. The number of rotatable bonds is 6. The summed E-state index contributed by atoms with van der Waals surface area (Å²) >= 11 is 0. The Hall–Kier alpha value is -5.88. The van der Waals surface area contributed by atoms with Gasteiger partial charge in [-0.15, -0.1) is 0 Å². The van der Waals surface area contributed by atoms with Gasteiger partial charge in [0.25, 0.3) is 0 Å². The molecule has 2 heterocycles. The van der Waals surface area contributed by atoms with Crippen LogP contribution in [0.3, 0.4) is 0 Å². The summed E-state index contributed by atoms with van der Waals surface area (Å²) in [6, 6.07) is 42.2. The number of hydrogen-bond donors (Lipinski definition) is 0. The van der Waals surface area contributed by atoms with Crippen LogP contribution in [0, 0.1) is 13.8 Å². The summed E-state index contributed by atoms with van der Waals surface area (Å²) in [5.74, 6) is 3.73. The molecule has 0 saturated carbocycles. The maximum absolute atomic E-state index is 5.23. The van der Waals surface area contributed by atoms with Crippen LogP contribution in [0.25, 0.3) is 67.8 Å². The van der Waals surface area contributed by atoms with Crippen LogP contribution in [0.4, 0.5) is 0 Å². The summed E-state index contributed by atoms with van der Waals surface area (Å²) in [6.45, 7) is 17.4. The predicted molar refractivity (Wildman–Crippen MR) is 213 cm³/mol. The lowest BCUT2D eigenvalue weighted by atomic mass is 9.78. The Morgan fingerprint density at radius 1 is 0.327 bits per heavy atom. The van der Waals surface area contributed by atoms with E-state index in [1.165, 1.54) is 11.1 Å². The van der Waals surface area contributed by atoms with E-state index >= 15 is 0 Å². The third-order valence-electron chi connectivity index (χ3n) is 9.23. The minimum Gasteiger partial charge on any atom is -0.219 e. The van der Waals surface area contributed by atoms with Gasteiger partial charge >= 0.3 is 0 Å². The van der Waals surface area contributed by atoms with E-state index in [4.69, 9.17) is 24.9 Å². The molecular formula is C46H44N6. The third kappa shape index (κ3) is 7.42. The van der Waals surface area contributed by atoms with E-state index in [9.17, 15) is 0 Å². The van der Waals surface area contributed by atoms with E-state index < -0.39 is 0 Å². The summed E-state index contributed by atoms with van der Waals surface area (Å²) < 4.78 is 0. The second kappa shape index (κ2) is 13.7. The monoisotopic (exact) mass is 680 g/mol. The maximum Gasteiger partial charge on any atom is 0.164 e. The van der Waals surface area contributed by atoms with Gasteiger partial charge in [-0.3, -0.25) is 0 Å². The fourth-order valence-corrected chi connectivity index (χ4v) is 6.35. The lowest BCUT2D eigenvalue weighted by Crippen LogP contribution is -2.16. The molecule has 0 saturated heterocycles. The molecule has 0 spiro atoms. The topological polar surface area (TPSA) is 77.3 Å². The van der Waals surface area contributed by atoms with Crippen molar-refractivity contribution in [2.75, 3.05) is 0 Å². The van der Waals surface area contributed by atoms with Gasteiger partial charge in [0.05, 0.1) is 0 Å².